The third-order valence-electron chi connectivity index (χ3n) is 7.61. The second kappa shape index (κ2) is 11.7. The lowest BCUT2D eigenvalue weighted by Gasteiger charge is -2.34. The van der Waals surface area contributed by atoms with E-state index in [1.807, 2.05) is 31.0 Å². The highest BCUT2D eigenvalue weighted by atomic mass is 19.4. The number of rotatable bonds is 4. The first-order valence-corrected chi connectivity index (χ1v) is 13.8. The third-order valence-corrected chi connectivity index (χ3v) is 7.61. The van der Waals surface area contributed by atoms with Crippen molar-refractivity contribution in [1.29, 1.82) is 0 Å². The van der Waals surface area contributed by atoms with Crippen molar-refractivity contribution in [3.63, 3.8) is 0 Å². The van der Waals surface area contributed by atoms with E-state index in [0.29, 0.717) is 42.4 Å². The number of anilines is 1. The van der Waals surface area contributed by atoms with E-state index < -0.39 is 35.9 Å². The summed E-state index contributed by atoms with van der Waals surface area (Å²) in [5, 5.41) is 0. The van der Waals surface area contributed by atoms with Crippen LogP contribution in [0.5, 0.6) is 5.88 Å². The molecule has 0 unspecified atom stereocenters. The number of piperazine rings is 1. The molecule has 1 atom stereocenters. The highest BCUT2D eigenvalue weighted by molar-refractivity contribution is 6.02. The van der Waals surface area contributed by atoms with Gasteiger partial charge in [0.05, 0.1) is 23.4 Å². The van der Waals surface area contributed by atoms with Gasteiger partial charge in [0.25, 0.3) is 5.91 Å². The van der Waals surface area contributed by atoms with E-state index in [1.54, 1.807) is 19.1 Å². The van der Waals surface area contributed by atoms with Gasteiger partial charge in [-0.05, 0) is 43.3 Å². The van der Waals surface area contributed by atoms with Crippen LogP contribution in [0.3, 0.4) is 0 Å². The van der Waals surface area contributed by atoms with Gasteiger partial charge in [-0.1, -0.05) is 31.2 Å². The van der Waals surface area contributed by atoms with Gasteiger partial charge in [0.1, 0.15) is 5.56 Å². The van der Waals surface area contributed by atoms with Crippen LogP contribution in [-0.4, -0.2) is 72.1 Å². The van der Waals surface area contributed by atoms with Gasteiger partial charge in [-0.25, -0.2) is 4.98 Å². The number of aryl methyl sites for hydroxylation is 1. The molecule has 13 heteroatoms. The van der Waals surface area contributed by atoms with Gasteiger partial charge in [-0.3, -0.25) is 4.79 Å². The Morgan fingerprint density at radius 1 is 0.930 bits per heavy atom. The standard InChI is InChI=1S/C30H31F6N5O2/c1-18-15-41(16-20-12-21(29(31,32)33)14-22(13-20)30(34,35)36)27(42)24-25(23-7-5-4-6-19(23)2)37-28(38-26(24)43-17-18)40-10-8-39(3)9-11-40/h4-7,12-14,18H,8-11,15-17H2,1-3H3/t18-/m0/s1. The summed E-state index contributed by atoms with van der Waals surface area (Å²) in [5.74, 6) is -0.529. The summed E-state index contributed by atoms with van der Waals surface area (Å²) < 4.78 is 87.5. The zero-order valence-corrected chi connectivity index (χ0v) is 23.9. The first-order valence-electron chi connectivity index (χ1n) is 13.8. The fraction of sp³-hybridized carbons (Fsp3) is 0.433. The Morgan fingerprint density at radius 2 is 1.56 bits per heavy atom. The lowest BCUT2D eigenvalue weighted by atomic mass is 9.99. The molecule has 1 saturated heterocycles. The normalized spacial score (nSPS) is 18.6. The second-order valence-electron chi connectivity index (χ2n) is 11.2. The molecular formula is C30H31F6N5O2. The van der Waals surface area contributed by atoms with Gasteiger partial charge in [0.15, 0.2) is 0 Å². The predicted octanol–water partition coefficient (Wildman–Crippen LogP) is 5.91. The number of aromatic nitrogens is 2. The summed E-state index contributed by atoms with van der Waals surface area (Å²) in [6.45, 7) is 6.17. The van der Waals surface area contributed by atoms with Gasteiger partial charge in [-0.2, -0.15) is 31.3 Å². The minimum atomic E-state index is -5.00. The molecular weight excluding hydrogens is 576 g/mol. The molecule has 3 aromatic rings. The Labute approximate surface area is 245 Å². The van der Waals surface area contributed by atoms with Gasteiger partial charge < -0.3 is 19.4 Å². The number of alkyl halides is 6. The molecule has 1 amide bonds. The minimum Gasteiger partial charge on any atom is -0.477 e. The molecule has 1 fully saturated rings. The number of halogens is 6. The maximum atomic E-state index is 14.2. The maximum Gasteiger partial charge on any atom is 0.416 e. The quantitative estimate of drug-likeness (QED) is 0.344. The number of ether oxygens (including phenoxy) is 1. The molecule has 2 aromatic carbocycles. The monoisotopic (exact) mass is 607 g/mol. The van der Waals surface area contributed by atoms with Crippen molar-refractivity contribution < 1.29 is 35.9 Å². The van der Waals surface area contributed by atoms with E-state index in [4.69, 9.17) is 9.72 Å². The van der Waals surface area contributed by atoms with E-state index in [1.165, 1.54) is 4.90 Å². The number of hydrogen-bond donors (Lipinski definition) is 0. The molecule has 0 spiro atoms. The first-order chi connectivity index (χ1) is 20.2. The molecule has 0 radical (unpaired) electrons. The van der Waals surface area contributed by atoms with Crippen LogP contribution in [-0.2, 0) is 18.9 Å². The number of fused-ring (bicyclic) bond motifs is 1. The van der Waals surface area contributed by atoms with Crippen molar-refractivity contribution in [2.24, 2.45) is 5.92 Å². The van der Waals surface area contributed by atoms with Crippen LogP contribution in [0, 0.1) is 12.8 Å². The number of nitrogens with zero attached hydrogens (tertiary/aromatic N) is 5. The lowest BCUT2D eigenvalue weighted by Crippen LogP contribution is -2.45. The second-order valence-corrected chi connectivity index (χ2v) is 11.2. The summed E-state index contributed by atoms with van der Waals surface area (Å²) in [5.41, 5.74) is -1.40. The SMILES string of the molecule is Cc1ccccc1-c1nc(N2CCN(C)CC2)nc2c1C(=O)N(Cc1cc(C(F)(F)F)cc(C(F)(F)F)c1)C[C@H](C)CO2. The van der Waals surface area contributed by atoms with Crippen molar-refractivity contribution >= 4 is 11.9 Å². The predicted molar refractivity (Wildman–Crippen MR) is 148 cm³/mol. The van der Waals surface area contributed by atoms with Crippen LogP contribution >= 0.6 is 0 Å². The molecule has 0 N–H and O–H groups in total. The minimum absolute atomic E-state index is 0.0158. The molecule has 0 saturated carbocycles. The summed E-state index contributed by atoms with van der Waals surface area (Å²) in [4.78, 5) is 29.1. The van der Waals surface area contributed by atoms with Crippen molar-refractivity contribution in [1.82, 2.24) is 19.8 Å². The third kappa shape index (κ3) is 6.71. The van der Waals surface area contributed by atoms with Crippen molar-refractivity contribution in [3.8, 4) is 17.1 Å². The molecule has 43 heavy (non-hydrogen) atoms. The summed E-state index contributed by atoms with van der Waals surface area (Å²) in [6.07, 6.45) is -10.0. The van der Waals surface area contributed by atoms with Gasteiger partial charge in [0.2, 0.25) is 11.8 Å². The molecule has 3 heterocycles. The first kappa shape index (κ1) is 30.6. The lowest BCUT2D eigenvalue weighted by molar-refractivity contribution is -0.143. The summed E-state index contributed by atoms with van der Waals surface area (Å²) >= 11 is 0. The molecule has 0 aliphatic carbocycles. The topological polar surface area (TPSA) is 61.8 Å². The van der Waals surface area contributed by atoms with Crippen molar-refractivity contribution in [3.05, 3.63) is 70.3 Å². The van der Waals surface area contributed by atoms with Crippen LogP contribution in [0.15, 0.2) is 42.5 Å². The maximum absolute atomic E-state index is 14.2. The molecule has 0 bridgehead atoms. The van der Waals surface area contributed by atoms with E-state index >= 15 is 0 Å². The Balaban J connectivity index is 1.62. The summed E-state index contributed by atoms with van der Waals surface area (Å²) in [7, 11) is 2.01. The number of likely N-dealkylation sites (N-methyl/N-ethyl adjacent to an activating group) is 1. The zero-order chi connectivity index (χ0) is 31.1. The van der Waals surface area contributed by atoms with E-state index in [9.17, 15) is 31.1 Å². The Kier molecular flexibility index (Phi) is 8.30. The van der Waals surface area contributed by atoms with Crippen LogP contribution in [0.2, 0.25) is 0 Å². The van der Waals surface area contributed by atoms with Gasteiger partial charge in [0, 0.05) is 50.7 Å². The fourth-order valence-corrected chi connectivity index (χ4v) is 5.27. The number of carbonyl (C=O) groups excluding carboxylic acids is 1. The number of benzene rings is 2. The highest BCUT2D eigenvalue weighted by Gasteiger charge is 2.38. The van der Waals surface area contributed by atoms with Crippen LogP contribution < -0.4 is 9.64 Å². The number of amides is 1. The Morgan fingerprint density at radius 3 is 2.16 bits per heavy atom. The van der Waals surface area contributed by atoms with Crippen molar-refractivity contribution in [2.45, 2.75) is 32.7 Å². The fourth-order valence-electron chi connectivity index (χ4n) is 5.27. The molecule has 2 aliphatic rings. The molecule has 5 rings (SSSR count). The highest BCUT2D eigenvalue weighted by Crippen LogP contribution is 2.38. The smallest absolute Gasteiger partial charge is 0.416 e. The Bertz CT molecular complexity index is 1470. The molecule has 7 nitrogen and oxygen atoms in total. The largest absolute Gasteiger partial charge is 0.477 e. The number of hydrogen-bond acceptors (Lipinski definition) is 6. The average Bonchev–Trinajstić information content (AvgIpc) is 2.94. The van der Waals surface area contributed by atoms with E-state index in [0.717, 1.165) is 18.7 Å². The van der Waals surface area contributed by atoms with Crippen molar-refractivity contribution in [2.75, 3.05) is 51.3 Å². The zero-order valence-electron chi connectivity index (χ0n) is 23.9. The average molecular weight is 608 g/mol. The Hall–Kier alpha value is -3.87. The number of carbonyl (C=O) groups is 1. The van der Waals surface area contributed by atoms with Gasteiger partial charge >= 0.3 is 12.4 Å². The molecule has 230 valence electrons. The van der Waals surface area contributed by atoms with E-state index in [-0.39, 0.29) is 42.1 Å². The molecule has 1 aromatic heterocycles. The van der Waals surface area contributed by atoms with E-state index in [2.05, 4.69) is 9.88 Å². The molecule has 2 aliphatic heterocycles. The van der Waals surface area contributed by atoms with Gasteiger partial charge in [-0.15, -0.1) is 0 Å². The summed E-state index contributed by atoms with van der Waals surface area (Å²) in [6, 6.07) is 8.67. The van der Waals surface area contributed by atoms with Crippen LogP contribution in [0.1, 0.15) is 39.5 Å². The van der Waals surface area contributed by atoms with Crippen LogP contribution in [0.4, 0.5) is 32.3 Å². The van der Waals surface area contributed by atoms with Crippen LogP contribution in [0.25, 0.3) is 11.3 Å².